The highest BCUT2D eigenvalue weighted by Crippen LogP contribution is 2.41. The molecule has 2 N–H and O–H groups in total. The van der Waals surface area contributed by atoms with E-state index in [1.165, 1.54) is 12.8 Å². The van der Waals surface area contributed by atoms with Gasteiger partial charge >= 0.3 is 0 Å². The van der Waals surface area contributed by atoms with E-state index < -0.39 is 0 Å². The van der Waals surface area contributed by atoms with Crippen molar-refractivity contribution in [3.05, 3.63) is 0 Å². The van der Waals surface area contributed by atoms with E-state index in [4.69, 9.17) is 4.74 Å². The first-order chi connectivity index (χ1) is 8.29. The minimum Gasteiger partial charge on any atom is -0.396 e. The van der Waals surface area contributed by atoms with Crippen molar-refractivity contribution in [1.29, 1.82) is 0 Å². The minimum absolute atomic E-state index is 0.0886. The van der Waals surface area contributed by atoms with Crippen LogP contribution in [0.1, 0.15) is 51.9 Å². The van der Waals surface area contributed by atoms with Crippen LogP contribution in [0, 0.1) is 11.3 Å². The highest BCUT2D eigenvalue weighted by Gasteiger charge is 2.38. The number of rotatable bonds is 9. The number of ether oxygens (including phenoxy) is 1. The van der Waals surface area contributed by atoms with Crippen molar-refractivity contribution >= 4 is 0 Å². The highest BCUT2D eigenvalue weighted by molar-refractivity contribution is 4.88. The van der Waals surface area contributed by atoms with Crippen LogP contribution >= 0.6 is 0 Å². The molecule has 1 fully saturated rings. The smallest absolute Gasteiger partial charge is 0.0512 e. The first-order valence-corrected chi connectivity index (χ1v) is 7.08. The van der Waals surface area contributed by atoms with Gasteiger partial charge in [0.1, 0.15) is 0 Å². The van der Waals surface area contributed by atoms with Crippen LogP contribution < -0.4 is 0 Å². The second kappa shape index (κ2) is 8.06. The summed E-state index contributed by atoms with van der Waals surface area (Å²) >= 11 is 0. The summed E-state index contributed by atoms with van der Waals surface area (Å²) < 4.78 is 5.57. The maximum Gasteiger partial charge on any atom is 0.0512 e. The van der Waals surface area contributed by atoms with Gasteiger partial charge in [0.2, 0.25) is 0 Å². The summed E-state index contributed by atoms with van der Waals surface area (Å²) in [4.78, 5) is 0. The summed E-state index contributed by atoms with van der Waals surface area (Å²) in [5.41, 5.74) is -0.303. The molecular formula is C14H28O3. The average molecular weight is 244 g/mol. The SMILES string of the molecule is CCCCOCCC(CO)(CO)C1CCCC1. The van der Waals surface area contributed by atoms with E-state index in [1.807, 2.05) is 0 Å². The molecule has 0 aliphatic heterocycles. The van der Waals surface area contributed by atoms with Crippen molar-refractivity contribution < 1.29 is 14.9 Å². The molecule has 0 bridgehead atoms. The topological polar surface area (TPSA) is 49.7 Å². The first kappa shape index (κ1) is 14.9. The van der Waals surface area contributed by atoms with E-state index in [0.717, 1.165) is 38.7 Å². The molecule has 0 amide bonds. The van der Waals surface area contributed by atoms with Gasteiger partial charge in [-0.15, -0.1) is 0 Å². The van der Waals surface area contributed by atoms with Gasteiger partial charge in [-0.05, 0) is 31.6 Å². The third-order valence-electron chi connectivity index (χ3n) is 4.24. The average Bonchev–Trinajstić information content (AvgIpc) is 2.89. The molecular weight excluding hydrogens is 216 g/mol. The van der Waals surface area contributed by atoms with Crippen LogP contribution in [0.25, 0.3) is 0 Å². The summed E-state index contributed by atoms with van der Waals surface area (Å²) in [6.07, 6.45) is 7.80. The molecule has 1 rings (SSSR count). The van der Waals surface area contributed by atoms with E-state index in [1.54, 1.807) is 0 Å². The van der Waals surface area contributed by atoms with Crippen LogP contribution in [0.15, 0.2) is 0 Å². The molecule has 0 saturated heterocycles. The Morgan fingerprint density at radius 2 is 1.76 bits per heavy atom. The highest BCUT2D eigenvalue weighted by atomic mass is 16.5. The Balaban J connectivity index is 2.35. The molecule has 3 heteroatoms. The van der Waals surface area contributed by atoms with Gasteiger partial charge in [0.15, 0.2) is 0 Å². The van der Waals surface area contributed by atoms with Crippen molar-refractivity contribution in [3.8, 4) is 0 Å². The molecule has 0 aromatic heterocycles. The van der Waals surface area contributed by atoms with E-state index in [0.29, 0.717) is 12.5 Å². The number of aliphatic hydroxyl groups excluding tert-OH is 2. The second-order valence-electron chi connectivity index (χ2n) is 5.38. The predicted molar refractivity (Wildman–Crippen MR) is 68.9 cm³/mol. The van der Waals surface area contributed by atoms with Gasteiger partial charge in [0.05, 0.1) is 13.2 Å². The largest absolute Gasteiger partial charge is 0.396 e. The maximum atomic E-state index is 9.62. The molecule has 0 radical (unpaired) electrons. The molecule has 17 heavy (non-hydrogen) atoms. The summed E-state index contributed by atoms with van der Waals surface area (Å²) in [6.45, 7) is 3.79. The number of hydrogen-bond acceptors (Lipinski definition) is 3. The third kappa shape index (κ3) is 4.23. The molecule has 0 aromatic rings. The van der Waals surface area contributed by atoms with Crippen molar-refractivity contribution in [2.75, 3.05) is 26.4 Å². The van der Waals surface area contributed by atoms with Gasteiger partial charge in [0.25, 0.3) is 0 Å². The Bertz CT molecular complexity index is 184. The van der Waals surface area contributed by atoms with Gasteiger partial charge < -0.3 is 14.9 Å². The zero-order valence-corrected chi connectivity index (χ0v) is 11.2. The lowest BCUT2D eigenvalue weighted by atomic mass is 9.73. The molecule has 3 nitrogen and oxygen atoms in total. The lowest BCUT2D eigenvalue weighted by Gasteiger charge is -2.36. The monoisotopic (exact) mass is 244 g/mol. The maximum absolute atomic E-state index is 9.62. The van der Waals surface area contributed by atoms with Crippen LogP contribution in [0.5, 0.6) is 0 Å². The van der Waals surface area contributed by atoms with Gasteiger partial charge in [-0.1, -0.05) is 26.2 Å². The zero-order chi connectivity index (χ0) is 12.6. The number of aliphatic hydroxyl groups is 2. The fraction of sp³-hybridized carbons (Fsp3) is 1.00. The Kier molecular flexibility index (Phi) is 7.09. The Hall–Kier alpha value is -0.120. The fourth-order valence-electron chi connectivity index (χ4n) is 2.83. The lowest BCUT2D eigenvalue weighted by Crippen LogP contribution is -2.38. The number of hydrogen-bond donors (Lipinski definition) is 2. The zero-order valence-electron chi connectivity index (χ0n) is 11.2. The predicted octanol–water partition coefficient (Wildman–Crippen LogP) is 2.35. The van der Waals surface area contributed by atoms with Crippen LogP contribution in [-0.4, -0.2) is 36.6 Å². The van der Waals surface area contributed by atoms with Crippen molar-refractivity contribution in [3.63, 3.8) is 0 Å². The van der Waals surface area contributed by atoms with Gasteiger partial charge in [-0.25, -0.2) is 0 Å². The van der Waals surface area contributed by atoms with Crippen molar-refractivity contribution in [2.24, 2.45) is 11.3 Å². The van der Waals surface area contributed by atoms with Crippen molar-refractivity contribution in [2.45, 2.75) is 51.9 Å². The molecule has 0 aromatic carbocycles. The van der Waals surface area contributed by atoms with Gasteiger partial charge in [0, 0.05) is 18.6 Å². The van der Waals surface area contributed by atoms with Crippen LogP contribution in [-0.2, 0) is 4.74 Å². The minimum atomic E-state index is -0.303. The molecule has 1 aliphatic rings. The van der Waals surface area contributed by atoms with E-state index in [2.05, 4.69) is 6.92 Å². The second-order valence-corrected chi connectivity index (χ2v) is 5.38. The third-order valence-corrected chi connectivity index (χ3v) is 4.24. The molecule has 1 saturated carbocycles. The normalized spacial score (nSPS) is 17.8. The molecule has 0 spiro atoms. The standard InChI is InChI=1S/C14H28O3/c1-2-3-9-17-10-8-14(11-15,12-16)13-6-4-5-7-13/h13,15-16H,2-12H2,1H3. The van der Waals surface area contributed by atoms with Crippen LogP contribution in [0.2, 0.25) is 0 Å². The Morgan fingerprint density at radius 3 is 2.29 bits per heavy atom. The lowest BCUT2D eigenvalue weighted by molar-refractivity contribution is -0.0240. The fourth-order valence-corrected chi connectivity index (χ4v) is 2.83. The summed E-state index contributed by atoms with van der Waals surface area (Å²) in [6, 6.07) is 0. The summed E-state index contributed by atoms with van der Waals surface area (Å²) in [5.74, 6) is 0.479. The van der Waals surface area contributed by atoms with Crippen molar-refractivity contribution in [1.82, 2.24) is 0 Å². The van der Waals surface area contributed by atoms with E-state index in [-0.39, 0.29) is 18.6 Å². The molecule has 0 unspecified atom stereocenters. The first-order valence-electron chi connectivity index (χ1n) is 7.08. The molecule has 0 atom stereocenters. The summed E-state index contributed by atoms with van der Waals surface area (Å²) in [7, 11) is 0. The van der Waals surface area contributed by atoms with E-state index in [9.17, 15) is 10.2 Å². The van der Waals surface area contributed by atoms with Gasteiger partial charge in [-0.3, -0.25) is 0 Å². The Labute approximate surface area is 105 Å². The number of unbranched alkanes of at least 4 members (excludes halogenated alkanes) is 1. The Morgan fingerprint density at radius 1 is 1.12 bits per heavy atom. The summed E-state index contributed by atoms with van der Waals surface area (Å²) in [5, 5.41) is 19.2. The van der Waals surface area contributed by atoms with E-state index >= 15 is 0 Å². The molecule has 102 valence electrons. The van der Waals surface area contributed by atoms with Crippen LogP contribution in [0.3, 0.4) is 0 Å². The molecule has 0 heterocycles. The quantitative estimate of drug-likeness (QED) is 0.612. The molecule has 1 aliphatic carbocycles. The van der Waals surface area contributed by atoms with Gasteiger partial charge in [-0.2, -0.15) is 0 Å². The van der Waals surface area contributed by atoms with Crippen LogP contribution in [0.4, 0.5) is 0 Å².